The second-order valence-corrected chi connectivity index (χ2v) is 6.38. The summed E-state index contributed by atoms with van der Waals surface area (Å²) in [5.41, 5.74) is 2.51. The highest BCUT2D eigenvalue weighted by molar-refractivity contribution is 5.77. The van der Waals surface area contributed by atoms with Crippen molar-refractivity contribution in [1.82, 2.24) is 4.90 Å². The molecule has 2 rings (SSSR count). The minimum Gasteiger partial charge on any atom is -0.310 e. The molecular formula is C17H25NO. The Morgan fingerprint density at radius 3 is 2.74 bits per heavy atom. The molecule has 0 aromatic carbocycles. The van der Waals surface area contributed by atoms with Gasteiger partial charge in [-0.3, -0.25) is 4.79 Å². The van der Waals surface area contributed by atoms with Crippen molar-refractivity contribution in [1.29, 1.82) is 0 Å². The van der Waals surface area contributed by atoms with Crippen LogP contribution in [-0.2, 0) is 4.79 Å². The minimum absolute atomic E-state index is 0.0800. The van der Waals surface area contributed by atoms with Gasteiger partial charge in [-0.2, -0.15) is 0 Å². The zero-order valence-electron chi connectivity index (χ0n) is 12.7. The van der Waals surface area contributed by atoms with E-state index in [0.29, 0.717) is 12.0 Å². The molecule has 1 aliphatic heterocycles. The van der Waals surface area contributed by atoms with E-state index < -0.39 is 0 Å². The van der Waals surface area contributed by atoms with Crippen LogP contribution < -0.4 is 0 Å². The monoisotopic (exact) mass is 259 g/mol. The van der Waals surface area contributed by atoms with Crippen LogP contribution in [0.15, 0.2) is 35.6 Å². The predicted octanol–water partition coefficient (Wildman–Crippen LogP) is 4.06. The van der Waals surface area contributed by atoms with Gasteiger partial charge in [0.1, 0.15) is 0 Å². The highest BCUT2D eigenvalue weighted by atomic mass is 16.2. The van der Waals surface area contributed by atoms with Gasteiger partial charge in [-0.1, -0.05) is 39.0 Å². The zero-order valence-corrected chi connectivity index (χ0v) is 12.7. The summed E-state index contributed by atoms with van der Waals surface area (Å²) in [5.74, 6) is 0.694. The van der Waals surface area contributed by atoms with Crippen molar-refractivity contribution in [3.8, 4) is 0 Å². The maximum Gasteiger partial charge on any atom is 0.224 e. The lowest BCUT2D eigenvalue weighted by Gasteiger charge is -2.37. The third-order valence-corrected chi connectivity index (χ3v) is 4.64. The van der Waals surface area contributed by atoms with E-state index >= 15 is 0 Å². The number of nitrogens with zero attached hydrogens (tertiary/aromatic N) is 1. The number of fused-ring (bicyclic) bond motifs is 1. The average molecular weight is 259 g/mol. The summed E-state index contributed by atoms with van der Waals surface area (Å²) in [7, 11) is 0. The molecule has 0 aromatic heterocycles. The van der Waals surface area contributed by atoms with Gasteiger partial charge in [0.2, 0.25) is 5.91 Å². The Labute approximate surface area is 116 Å². The Morgan fingerprint density at radius 2 is 2.16 bits per heavy atom. The van der Waals surface area contributed by atoms with Crippen LogP contribution >= 0.6 is 0 Å². The third kappa shape index (κ3) is 2.54. The van der Waals surface area contributed by atoms with E-state index in [1.807, 2.05) is 4.90 Å². The van der Waals surface area contributed by atoms with Gasteiger partial charge in [-0.05, 0) is 37.3 Å². The van der Waals surface area contributed by atoms with Crippen LogP contribution in [0.25, 0.3) is 0 Å². The van der Waals surface area contributed by atoms with E-state index in [0.717, 1.165) is 18.5 Å². The number of amides is 1. The summed E-state index contributed by atoms with van der Waals surface area (Å²) < 4.78 is 0. The van der Waals surface area contributed by atoms with Gasteiger partial charge in [-0.15, -0.1) is 0 Å². The molecule has 0 N–H and O–H groups in total. The van der Waals surface area contributed by atoms with Crippen LogP contribution in [0, 0.1) is 11.3 Å². The lowest BCUT2D eigenvalue weighted by atomic mass is 9.77. The Kier molecular flexibility index (Phi) is 3.71. The van der Waals surface area contributed by atoms with Gasteiger partial charge in [0, 0.05) is 24.1 Å². The molecule has 2 nitrogen and oxygen atoms in total. The van der Waals surface area contributed by atoms with E-state index in [1.165, 1.54) is 5.57 Å². The Bertz CT molecular complexity index is 470. The first-order chi connectivity index (χ1) is 8.85. The van der Waals surface area contributed by atoms with Gasteiger partial charge in [0.25, 0.3) is 0 Å². The van der Waals surface area contributed by atoms with Crippen LogP contribution in [0.1, 0.15) is 47.5 Å². The number of carbonyl (C=O) groups is 1. The molecule has 104 valence electrons. The van der Waals surface area contributed by atoms with Crippen LogP contribution in [0.5, 0.6) is 0 Å². The first-order valence-corrected chi connectivity index (χ1v) is 7.26. The number of likely N-dealkylation sites (tertiary alicyclic amines) is 1. The number of allylic oxidation sites excluding steroid dienone is 5. The van der Waals surface area contributed by atoms with Gasteiger partial charge in [-0.25, -0.2) is 0 Å². The fourth-order valence-corrected chi connectivity index (χ4v) is 2.96. The molecule has 1 aliphatic carbocycles. The fraction of sp³-hybridized carbons (Fsp3) is 0.588. The predicted molar refractivity (Wildman–Crippen MR) is 79.5 cm³/mol. The summed E-state index contributed by atoms with van der Waals surface area (Å²) in [4.78, 5) is 13.9. The lowest BCUT2D eigenvalue weighted by molar-refractivity contribution is -0.129. The van der Waals surface area contributed by atoms with Crippen LogP contribution in [0.4, 0.5) is 0 Å². The molecule has 0 saturated carbocycles. The molecule has 0 aromatic rings. The molecule has 2 aliphatic rings. The number of hydrogen-bond acceptors (Lipinski definition) is 1. The fourth-order valence-electron chi connectivity index (χ4n) is 2.96. The van der Waals surface area contributed by atoms with Gasteiger partial charge >= 0.3 is 0 Å². The van der Waals surface area contributed by atoms with Crippen LogP contribution in [0.2, 0.25) is 0 Å². The Balaban J connectivity index is 2.44. The number of piperidine rings is 1. The molecule has 0 radical (unpaired) electrons. The van der Waals surface area contributed by atoms with Crippen molar-refractivity contribution >= 4 is 5.91 Å². The smallest absolute Gasteiger partial charge is 0.224 e. The van der Waals surface area contributed by atoms with E-state index in [4.69, 9.17) is 0 Å². The summed E-state index contributed by atoms with van der Waals surface area (Å²) in [6.45, 7) is 10.6. The number of rotatable bonds is 1. The standard InChI is InChI=1S/C17H25NO/c1-12(2)17(5)10-6-7-16-15(11-17)9-8-13(3)18(16)14(4)19/h6-7,10-13H,8-9H2,1-5H3. The van der Waals surface area contributed by atoms with Crippen molar-refractivity contribution in [2.75, 3.05) is 0 Å². The second-order valence-electron chi connectivity index (χ2n) is 6.38. The summed E-state index contributed by atoms with van der Waals surface area (Å²) in [6.07, 6.45) is 11.0. The lowest BCUT2D eigenvalue weighted by Crippen LogP contribution is -2.40. The molecule has 1 fully saturated rings. The first kappa shape index (κ1) is 14.1. The van der Waals surface area contributed by atoms with E-state index in [1.54, 1.807) is 6.92 Å². The van der Waals surface area contributed by atoms with Crippen LogP contribution in [0.3, 0.4) is 0 Å². The van der Waals surface area contributed by atoms with Gasteiger partial charge in [0.05, 0.1) is 0 Å². The molecule has 1 saturated heterocycles. The average Bonchev–Trinajstić information content (AvgIpc) is 2.48. The third-order valence-electron chi connectivity index (χ3n) is 4.64. The largest absolute Gasteiger partial charge is 0.310 e. The Morgan fingerprint density at radius 1 is 1.47 bits per heavy atom. The van der Waals surface area contributed by atoms with Crippen molar-refractivity contribution in [2.24, 2.45) is 11.3 Å². The highest BCUT2D eigenvalue weighted by Crippen LogP contribution is 2.39. The maximum atomic E-state index is 11.9. The summed E-state index contributed by atoms with van der Waals surface area (Å²) >= 11 is 0. The summed E-state index contributed by atoms with van der Waals surface area (Å²) in [6, 6.07) is 0.303. The molecule has 2 unspecified atom stereocenters. The normalized spacial score (nSPS) is 30.6. The van der Waals surface area contributed by atoms with E-state index in [2.05, 4.69) is 52.0 Å². The van der Waals surface area contributed by atoms with Gasteiger partial charge in [0.15, 0.2) is 0 Å². The molecular weight excluding hydrogens is 234 g/mol. The number of carbonyl (C=O) groups excluding carboxylic acids is 1. The second kappa shape index (κ2) is 4.99. The zero-order chi connectivity index (χ0) is 14.2. The maximum absolute atomic E-state index is 11.9. The molecule has 1 heterocycles. The molecule has 1 amide bonds. The highest BCUT2D eigenvalue weighted by Gasteiger charge is 2.32. The molecule has 2 atom stereocenters. The van der Waals surface area contributed by atoms with Crippen molar-refractivity contribution in [3.05, 3.63) is 35.6 Å². The van der Waals surface area contributed by atoms with Gasteiger partial charge < -0.3 is 4.90 Å². The molecule has 2 heteroatoms. The van der Waals surface area contributed by atoms with Crippen molar-refractivity contribution < 1.29 is 4.79 Å². The van der Waals surface area contributed by atoms with Crippen molar-refractivity contribution in [2.45, 2.75) is 53.5 Å². The topological polar surface area (TPSA) is 20.3 Å². The quantitative estimate of drug-likeness (QED) is 0.695. The first-order valence-electron chi connectivity index (χ1n) is 7.26. The molecule has 0 bridgehead atoms. The molecule has 19 heavy (non-hydrogen) atoms. The van der Waals surface area contributed by atoms with E-state index in [9.17, 15) is 4.79 Å². The summed E-state index contributed by atoms with van der Waals surface area (Å²) in [5, 5.41) is 0. The number of hydrogen-bond donors (Lipinski definition) is 0. The SMILES string of the molecule is CC(=O)N1C2=CC=CC(C)(C(C)C)C=C2CCC1C. The molecule has 0 spiro atoms. The van der Waals surface area contributed by atoms with E-state index in [-0.39, 0.29) is 11.3 Å². The minimum atomic E-state index is 0.0800. The van der Waals surface area contributed by atoms with Crippen LogP contribution in [-0.4, -0.2) is 16.8 Å². The Hall–Kier alpha value is -1.31. The van der Waals surface area contributed by atoms with Crippen molar-refractivity contribution in [3.63, 3.8) is 0 Å².